The molecule has 154 valence electrons. The molecular weight excluding hydrogens is 406 g/mol. The summed E-state index contributed by atoms with van der Waals surface area (Å²) in [5.41, 5.74) is 1.96. The van der Waals surface area contributed by atoms with Crippen LogP contribution >= 0.6 is 23.4 Å². The molecule has 0 fully saturated rings. The Balaban J connectivity index is 0.000000253. The molecule has 0 spiro atoms. The molecule has 0 radical (unpaired) electrons. The summed E-state index contributed by atoms with van der Waals surface area (Å²) in [7, 11) is 0. The number of hydrogen-bond acceptors (Lipinski definition) is 4. The fourth-order valence-corrected chi connectivity index (χ4v) is 3.86. The van der Waals surface area contributed by atoms with E-state index in [1.54, 1.807) is 12.1 Å². The molecule has 5 nitrogen and oxygen atoms in total. The first-order valence-electron chi connectivity index (χ1n) is 9.63. The molecule has 0 bridgehead atoms. The van der Waals surface area contributed by atoms with Crippen LogP contribution in [-0.4, -0.2) is 28.5 Å². The highest BCUT2D eigenvalue weighted by molar-refractivity contribution is 7.99. The van der Waals surface area contributed by atoms with E-state index in [9.17, 15) is 4.79 Å². The van der Waals surface area contributed by atoms with Crippen LogP contribution < -0.4 is 5.32 Å². The van der Waals surface area contributed by atoms with E-state index in [0.717, 1.165) is 16.9 Å². The summed E-state index contributed by atoms with van der Waals surface area (Å²) in [6, 6.07) is 12.1. The quantitative estimate of drug-likeness (QED) is 0.302. The Bertz CT molecular complexity index is 869. The summed E-state index contributed by atoms with van der Waals surface area (Å²) in [4.78, 5) is 11.5. The Morgan fingerprint density at radius 3 is 2.31 bits per heavy atom. The highest BCUT2D eigenvalue weighted by atomic mass is 35.5. The number of rotatable bonds is 8. The van der Waals surface area contributed by atoms with Crippen molar-refractivity contribution in [2.24, 2.45) is 0 Å². The Morgan fingerprint density at radius 2 is 1.66 bits per heavy atom. The molecule has 7 heteroatoms. The maximum atomic E-state index is 10.3. The third kappa shape index (κ3) is 7.22. The SMILES string of the molecule is CCCCCCCSc1ccc2c(c1)C(=N)NC2=N.O=C(O)c1ccc(Cl)cc1. The van der Waals surface area contributed by atoms with Crippen molar-refractivity contribution in [2.45, 2.75) is 43.9 Å². The van der Waals surface area contributed by atoms with Crippen LogP contribution in [0, 0.1) is 10.8 Å². The maximum absolute atomic E-state index is 10.3. The summed E-state index contributed by atoms with van der Waals surface area (Å²) in [5.74, 6) is 0.902. The van der Waals surface area contributed by atoms with Crippen molar-refractivity contribution in [2.75, 3.05) is 5.75 Å². The van der Waals surface area contributed by atoms with Crippen LogP contribution in [-0.2, 0) is 0 Å². The third-order valence-corrected chi connectivity index (χ3v) is 5.72. The number of carbonyl (C=O) groups is 1. The molecule has 3 rings (SSSR count). The number of thioether (sulfide) groups is 1. The van der Waals surface area contributed by atoms with Gasteiger partial charge in [-0.3, -0.25) is 10.8 Å². The highest BCUT2D eigenvalue weighted by Gasteiger charge is 2.20. The van der Waals surface area contributed by atoms with Gasteiger partial charge >= 0.3 is 5.97 Å². The van der Waals surface area contributed by atoms with Crippen molar-refractivity contribution in [3.63, 3.8) is 0 Å². The van der Waals surface area contributed by atoms with Gasteiger partial charge in [0.15, 0.2) is 0 Å². The molecule has 1 aliphatic rings. The lowest BCUT2D eigenvalue weighted by Crippen LogP contribution is -2.20. The molecule has 0 aromatic heterocycles. The van der Waals surface area contributed by atoms with Gasteiger partial charge in [-0.25, -0.2) is 4.79 Å². The number of aromatic carboxylic acids is 1. The van der Waals surface area contributed by atoms with Crippen molar-refractivity contribution in [3.05, 3.63) is 64.2 Å². The zero-order chi connectivity index (χ0) is 21.2. The first-order chi connectivity index (χ1) is 13.9. The molecule has 0 aliphatic carbocycles. The standard InChI is InChI=1S/C15H21N3S.C7H5ClO2/c1-2-3-4-5-6-9-19-11-7-8-12-13(10-11)15(17)18-14(12)16;8-6-3-1-5(2-4-6)7(9)10/h7-8,10H,2-6,9H2,1H3,(H3,16,17,18);1-4H,(H,9,10). The lowest BCUT2D eigenvalue weighted by molar-refractivity contribution is 0.0697. The fourth-order valence-electron chi connectivity index (χ4n) is 2.79. The number of fused-ring (bicyclic) bond motifs is 1. The van der Waals surface area contributed by atoms with Gasteiger partial charge in [-0.1, -0.05) is 44.2 Å². The second-order valence-corrected chi connectivity index (χ2v) is 8.26. The van der Waals surface area contributed by atoms with Gasteiger partial charge < -0.3 is 10.4 Å². The second-order valence-electron chi connectivity index (χ2n) is 6.66. The van der Waals surface area contributed by atoms with Crippen LogP contribution in [0.5, 0.6) is 0 Å². The number of nitrogens with one attached hydrogen (secondary N) is 3. The van der Waals surface area contributed by atoms with E-state index >= 15 is 0 Å². The smallest absolute Gasteiger partial charge is 0.335 e. The van der Waals surface area contributed by atoms with Gasteiger partial charge in [0.1, 0.15) is 11.7 Å². The van der Waals surface area contributed by atoms with E-state index < -0.39 is 5.97 Å². The largest absolute Gasteiger partial charge is 0.478 e. The van der Waals surface area contributed by atoms with Gasteiger partial charge in [-0.15, -0.1) is 11.8 Å². The monoisotopic (exact) mass is 431 g/mol. The normalized spacial score (nSPS) is 12.1. The minimum absolute atomic E-state index is 0.254. The average Bonchev–Trinajstić information content (AvgIpc) is 2.99. The number of carboxylic acid groups (broad SMARTS) is 1. The predicted molar refractivity (Wildman–Crippen MR) is 121 cm³/mol. The van der Waals surface area contributed by atoms with E-state index in [2.05, 4.69) is 18.3 Å². The van der Waals surface area contributed by atoms with E-state index in [-0.39, 0.29) is 5.56 Å². The Hall–Kier alpha value is -2.31. The number of carboxylic acids is 1. The molecule has 2 aromatic rings. The fraction of sp³-hybridized carbons (Fsp3) is 0.318. The molecule has 4 N–H and O–H groups in total. The van der Waals surface area contributed by atoms with E-state index in [4.69, 9.17) is 27.5 Å². The van der Waals surface area contributed by atoms with E-state index in [0.29, 0.717) is 16.7 Å². The molecular formula is C22H26ClN3O2S. The van der Waals surface area contributed by atoms with Gasteiger partial charge in [-0.2, -0.15) is 0 Å². The summed E-state index contributed by atoms with van der Waals surface area (Å²) in [6.45, 7) is 2.24. The minimum Gasteiger partial charge on any atom is -0.478 e. The lowest BCUT2D eigenvalue weighted by Gasteiger charge is -2.04. The number of unbranched alkanes of at least 4 members (excludes halogenated alkanes) is 4. The van der Waals surface area contributed by atoms with Crippen molar-refractivity contribution >= 4 is 41.0 Å². The molecule has 0 atom stereocenters. The molecule has 1 aliphatic heterocycles. The highest BCUT2D eigenvalue weighted by Crippen LogP contribution is 2.25. The lowest BCUT2D eigenvalue weighted by atomic mass is 10.1. The van der Waals surface area contributed by atoms with Crippen LogP contribution in [0.1, 0.15) is 60.5 Å². The number of amidine groups is 2. The number of hydrogen-bond donors (Lipinski definition) is 4. The first kappa shape index (κ1) is 23.0. The Morgan fingerprint density at radius 1 is 1.00 bits per heavy atom. The van der Waals surface area contributed by atoms with E-state index in [1.807, 2.05) is 23.9 Å². The Kier molecular flexibility index (Phi) is 9.22. The summed E-state index contributed by atoms with van der Waals surface area (Å²) in [6.07, 6.45) is 6.54. The van der Waals surface area contributed by atoms with Crippen molar-refractivity contribution < 1.29 is 9.90 Å². The number of halogens is 1. The molecule has 29 heavy (non-hydrogen) atoms. The van der Waals surface area contributed by atoms with Crippen LogP contribution in [0.2, 0.25) is 5.02 Å². The van der Waals surface area contributed by atoms with Crippen LogP contribution in [0.4, 0.5) is 0 Å². The topological polar surface area (TPSA) is 97.0 Å². The first-order valence-corrected chi connectivity index (χ1v) is 11.0. The third-order valence-electron chi connectivity index (χ3n) is 4.39. The van der Waals surface area contributed by atoms with Crippen LogP contribution in [0.3, 0.4) is 0 Å². The molecule has 2 aromatic carbocycles. The van der Waals surface area contributed by atoms with Gasteiger partial charge in [0.25, 0.3) is 0 Å². The van der Waals surface area contributed by atoms with E-state index in [1.165, 1.54) is 49.1 Å². The average molecular weight is 432 g/mol. The van der Waals surface area contributed by atoms with Gasteiger partial charge in [0, 0.05) is 21.0 Å². The van der Waals surface area contributed by atoms with Gasteiger partial charge in [0.05, 0.1) is 5.56 Å². The zero-order valence-corrected chi connectivity index (χ0v) is 18.0. The molecule has 1 heterocycles. The van der Waals surface area contributed by atoms with Crippen LogP contribution in [0.15, 0.2) is 47.4 Å². The van der Waals surface area contributed by atoms with Crippen molar-refractivity contribution in [3.8, 4) is 0 Å². The molecule has 0 saturated heterocycles. The maximum Gasteiger partial charge on any atom is 0.335 e. The number of benzene rings is 2. The molecule has 0 saturated carbocycles. The minimum atomic E-state index is -0.934. The van der Waals surface area contributed by atoms with Gasteiger partial charge in [0.2, 0.25) is 0 Å². The summed E-state index contributed by atoms with van der Waals surface area (Å²) >= 11 is 7.38. The molecule has 0 amide bonds. The van der Waals surface area contributed by atoms with Crippen molar-refractivity contribution in [1.29, 1.82) is 10.8 Å². The summed E-state index contributed by atoms with van der Waals surface area (Å²) in [5, 5.41) is 27.2. The van der Waals surface area contributed by atoms with Crippen molar-refractivity contribution in [1.82, 2.24) is 5.32 Å². The van der Waals surface area contributed by atoms with Gasteiger partial charge in [-0.05, 0) is 54.6 Å². The zero-order valence-electron chi connectivity index (χ0n) is 16.4. The predicted octanol–water partition coefficient (Wildman–Crippen LogP) is 6.04. The van der Waals surface area contributed by atoms with Crippen LogP contribution in [0.25, 0.3) is 0 Å². The molecule has 0 unspecified atom stereocenters. The summed E-state index contributed by atoms with van der Waals surface area (Å²) < 4.78 is 0. The second kappa shape index (κ2) is 11.6. The Labute approximate surface area is 180 Å².